The van der Waals surface area contributed by atoms with E-state index in [-0.39, 0.29) is 5.91 Å². The standard InChI is InChI=1S/C24H25NO3/c1-5-24(26)25-21-14-18(19-11-13-22(27-3)23(15-19)28-4)10-12-20(21)17-8-6-16(2)7-9-17/h6-15H,5H2,1-4H3,(H,25,26). The van der Waals surface area contributed by atoms with E-state index in [1.165, 1.54) is 5.56 Å². The van der Waals surface area contributed by atoms with Crippen LogP contribution in [0.1, 0.15) is 18.9 Å². The minimum atomic E-state index is -0.0159. The lowest BCUT2D eigenvalue weighted by Gasteiger charge is -2.15. The van der Waals surface area contributed by atoms with Gasteiger partial charge in [0.25, 0.3) is 0 Å². The molecule has 0 aliphatic carbocycles. The van der Waals surface area contributed by atoms with E-state index < -0.39 is 0 Å². The maximum Gasteiger partial charge on any atom is 0.224 e. The van der Waals surface area contributed by atoms with E-state index in [1.807, 2.05) is 37.3 Å². The number of carbonyl (C=O) groups excluding carboxylic acids is 1. The largest absolute Gasteiger partial charge is 0.493 e. The summed E-state index contributed by atoms with van der Waals surface area (Å²) in [7, 11) is 3.24. The minimum absolute atomic E-state index is 0.0159. The summed E-state index contributed by atoms with van der Waals surface area (Å²) in [5.41, 5.74) is 6.03. The Labute approximate surface area is 166 Å². The van der Waals surface area contributed by atoms with Gasteiger partial charge in [0.15, 0.2) is 11.5 Å². The number of rotatable bonds is 6. The Morgan fingerprint density at radius 1 is 0.821 bits per heavy atom. The van der Waals surface area contributed by atoms with Crippen LogP contribution in [0.15, 0.2) is 60.7 Å². The van der Waals surface area contributed by atoms with Crippen LogP contribution in [0.4, 0.5) is 5.69 Å². The molecule has 1 amide bonds. The molecule has 0 saturated carbocycles. The zero-order chi connectivity index (χ0) is 20.1. The third-order valence-corrected chi connectivity index (χ3v) is 4.69. The molecule has 0 saturated heterocycles. The molecule has 0 aliphatic rings. The van der Waals surface area contributed by atoms with Gasteiger partial charge >= 0.3 is 0 Å². The topological polar surface area (TPSA) is 47.6 Å². The van der Waals surface area contributed by atoms with Crippen molar-refractivity contribution in [3.63, 3.8) is 0 Å². The normalized spacial score (nSPS) is 10.4. The lowest BCUT2D eigenvalue weighted by atomic mass is 9.97. The van der Waals surface area contributed by atoms with E-state index in [2.05, 4.69) is 42.6 Å². The molecule has 4 heteroatoms. The van der Waals surface area contributed by atoms with Crippen molar-refractivity contribution in [1.29, 1.82) is 0 Å². The Morgan fingerprint density at radius 2 is 1.43 bits per heavy atom. The summed E-state index contributed by atoms with van der Waals surface area (Å²) in [5, 5.41) is 3.04. The highest BCUT2D eigenvalue weighted by atomic mass is 16.5. The van der Waals surface area contributed by atoms with Crippen molar-refractivity contribution in [3.8, 4) is 33.8 Å². The van der Waals surface area contributed by atoms with Gasteiger partial charge in [-0.25, -0.2) is 0 Å². The molecule has 0 radical (unpaired) electrons. The first kappa shape index (κ1) is 19.5. The van der Waals surface area contributed by atoms with Gasteiger partial charge in [-0.3, -0.25) is 4.79 Å². The van der Waals surface area contributed by atoms with Gasteiger partial charge in [-0.2, -0.15) is 0 Å². The first-order valence-corrected chi connectivity index (χ1v) is 9.29. The number of methoxy groups -OCH3 is 2. The van der Waals surface area contributed by atoms with Crippen LogP contribution in [-0.4, -0.2) is 20.1 Å². The number of nitrogens with one attached hydrogen (secondary N) is 1. The van der Waals surface area contributed by atoms with Crippen molar-refractivity contribution in [1.82, 2.24) is 0 Å². The van der Waals surface area contributed by atoms with Gasteiger partial charge in [0.05, 0.1) is 14.2 Å². The van der Waals surface area contributed by atoms with Crippen molar-refractivity contribution in [2.75, 3.05) is 19.5 Å². The molecule has 0 atom stereocenters. The van der Waals surface area contributed by atoms with Crippen LogP contribution >= 0.6 is 0 Å². The van der Waals surface area contributed by atoms with E-state index in [4.69, 9.17) is 9.47 Å². The lowest BCUT2D eigenvalue weighted by Crippen LogP contribution is -2.10. The van der Waals surface area contributed by atoms with Gasteiger partial charge in [-0.15, -0.1) is 0 Å². The van der Waals surface area contributed by atoms with Crippen LogP contribution in [0.5, 0.6) is 11.5 Å². The Kier molecular flexibility index (Phi) is 5.99. The summed E-state index contributed by atoms with van der Waals surface area (Å²) in [6, 6.07) is 20.2. The Morgan fingerprint density at radius 3 is 2.07 bits per heavy atom. The summed E-state index contributed by atoms with van der Waals surface area (Å²) < 4.78 is 10.7. The first-order valence-electron chi connectivity index (χ1n) is 9.29. The smallest absolute Gasteiger partial charge is 0.224 e. The van der Waals surface area contributed by atoms with Gasteiger partial charge in [-0.05, 0) is 41.8 Å². The highest BCUT2D eigenvalue weighted by Crippen LogP contribution is 2.36. The molecule has 0 heterocycles. The molecule has 144 valence electrons. The fourth-order valence-corrected chi connectivity index (χ4v) is 3.07. The molecule has 3 rings (SSSR count). The second kappa shape index (κ2) is 8.61. The highest BCUT2D eigenvalue weighted by molar-refractivity contribution is 5.96. The summed E-state index contributed by atoms with van der Waals surface area (Å²) >= 11 is 0. The van der Waals surface area contributed by atoms with Crippen molar-refractivity contribution >= 4 is 11.6 Å². The Balaban J connectivity index is 2.08. The molecule has 28 heavy (non-hydrogen) atoms. The first-order chi connectivity index (χ1) is 13.5. The van der Waals surface area contributed by atoms with Crippen LogP contribution in [0, 0.1) is 6.92 Å². The molecular formula is C24H25NO3. The fraction of sp³-hybridized carbons (Fsp3) is 0.208. The quantitative estimate of drug-likeness (QED) is 0.602. The molecule has 0 fully saturated rings. The third kappa shape index (κ3) is 4.17. The van der Waals surface area contributed by atoms with E-state index in [1.54, 1.807) is 14.2 Å². The van der Waals surface area contributed by atoms with E-state index >= 15 is 0 Å². The molecule has 0 unspecified atom stereocenters. The predicted molar refractivity (Wildman–Crippen MR) is 114 cm³/mol. The zero-order valence-electron chi connectivity index (χ0n) is 16.7. The molecule has 0 bridgehead atoms. The summed E-state index contributed by atoms with van der Waals surface area (Å²) in [5.74, 6) is 1.33. The van der Waals surface area contributed by atoms with Gasteiger partial charge in [-0.1, -0.05) is 55.0 Å². The highest BCUT2D eigenvalue weighted by Gasteiger charge is 2.12. The molecule has 0 aromatic heterocycles. The summed E-state index contributed by atoms with van der Waals surface area (Å²) in [6.07, 6.45) is 0.425. The average molecular weight is 375 g/mol. The summed E-state index contributed by atoms with van der Waals surface area (Å²) in [6.45, 7) is 3.91. The molecule has 1 N–H and O–H groups in total. The van der Waals surface area contributed by atoms with Crippen LogP contribution in [0.25, 0.3) is 22.3 Å². The van der Waals surface area contributed by atoms with Crippen LogP contribution in [-0.2, 0) is 4.79 Å². The maximum atomic E-state index is 12.1. The SMILES string of the molecule is CCC(=O)Nc1cc(-c2ccc(OC)c(OC)c2)ccc1-c1ccc(C)cc1. The van der Waals surface area contributed by atoms with Crippen LogP contribution in [0.3, 0.4) is 0 Å². The maximum absolute atomic E-state index is 12.1. The van der Waals surface area contributed by atoms with Crippen molar-refractivity contribution in [2.45, 2.75) is 20.3 Å². The number of benzene rings is 3. The van der Waals surface area contributed by atoms with Gasteiger partial charge < -0.3 is 14.8 Å². The van der Waals surface area contributed by atoms with Crippen molar-refractivity contribution in [2.24, 2.45) is 0 Å². The third-order valence-electron chi connectivity index (χ3n) is 4.69. The second-order valence-corrected chi connectivity index (χ2v) is 6.60. The van der Waals surface area contributed by atoms with E-state index in [0.717, 1.165) is 27.9 Å². The van der Waals surface area contributed by atoms with Gasteiger partial charge in [0.1, 0.15) is 0 Å². The second-order valence-electron chi connectivity index (χ2n) is 6.60. The fourth-order valence-electron chi connectivity index (χ4n) is 3.07. The number of aryl methyl sites for hydroxylation is 1. The van der Waals surface area contributed by atoms with Crippen LogP contribution < -0.4 is 14.8 Å². The number of hydrogen-bond donors (Lipinski definition) is 1. The van der Waals surface area contributed by atoms with Gasteiger partial charge in [0, 0.05) is 17.7 Å². The molecule has 4 nitrogen and oxygen atoms in total. The number of hydrogen-bond acceptors (Lipinski definition) is 3. The van der Waals surface area contributed by atoms with E-state index in [9.17, 15) is 4.79 Å². The molecule has 3 aromatic rings. The lowest BCUT2D eigenvalue weighted by molar-refractivity contribution is -0.115. The van der Waals surface area contributed by atoms with Crippen LogP contribution in [0.2, 0.25) is 0 Å². The molecule has 0 spiro atoms. The minimum Gasteiger partial charge on any atom is -0.493 e. The number of carbonyl (C=O) groups is 1. The van der Waals surface area contributed by atoms with Crippen molar-refractivity contribution < 1.29 is 14.3 Å². The zero-order valence-corrected chi connectivity index (χ0v) is 16.7. The van der Waals surface area contributed by atoms with E-state index in [0.29, 0.717) is 17.9 Å². The molecule has 3 aromatic carbocycles. The number of anilines is 1. The number of ether oxygens (including phenoxy) is 2. The molecular weight excluding hydrogens is 350 g/mol. The average Bonchev–Trinajstić information content (AvgIpc) is 2.73. The summed E-state index contributed by atoms with van der Waals surface area (Å²) in [4.78, 5) is 12.1. The molecule has 0 aliphatic heterocycles. The monoisotopic (exact) mass is 375 g/mol. The predicted octanol–water partition coefficient (Wildman–Crippen LogP) is 5.69. The Hall–Kier alpha value is -3.27. The Bertz CT molecular complexity index is 978. The van der Waals surface area contributed by atoms with Gasteiger partial charge in [0.2, 0.25) is 5.91 Å². The van der Waals surface area contributed by atoms with Crippen molar-refractivity contribution in [3.05, 3.63) is 66.2 Å². The number of amides is 1.